The zero-order valence-corrected chi connectivity index (χ0v) is 18.2. The molecule has 0 aliphatic carbocycles. The third-order valence-corrected chi connectivity index (χ3v) is 5.37. The molecule has 5 nitrogen and oxygen atoms in total. The van der Waals surface area contributed by atoms with Crippen LogP contribution >= 0.6 is 11.3 Å². The molecule has 29 heavy (non-hydrogen) atoms. The Morgan fingerprint density at radius 1 is 1.10 bits per heavy atom. The highest BCUT2D eigenvalue weighted by atomic mass is 32.1. The molecular formula is C23H29NO4S. The van der Waals surface area contributed by atoms with Crippen LogP contribution in [0.15, 0.2) is 46.2 Å². The third kappa shape index (κ3) is 6.70. The minimum Gasteiger partial charge on any atom is -0.493 e. The number of ether oxygens (including phenoxy) is 3. The molecule has 0 spiro atoms. The van der Waals surface area contributed by atoms with Gasteiger partial charge in [0.2, 0.25) is 5.89 Å². The molecule has 0 amide bonds. The van der Waals surface area contributed by atoms with Crippen LogP contribution in [-0.4, -0.2) is 37.5 Å². The molecule has 0 aliphatic rings. The number of thiophene rings is 1. The average Bonchev–Trinajstić information content (AvgIpc) is 3.37. The van der Waals surface area contributed by atoms with Gasteiger partial charge in [0.05, 0.1) is 36.5 Å². The van der Waals surface area contributed by atoms with E-state index in [-0.39, 0.29) is 6.10 Å². The highest BCUT2D eigenvalue weighted by molar-refractivity contribution is 7.13. The van der Waals surface area contributed by atoms with Crippen LogP contribution in [0.2, 0.25) is 0 Å². The van der Waals surface area contributed by atoms with Gasteiger partial charge in [-0.25, -0.2) is 4.98 Å². The van der Waals surface area contributed by atoms with Gasteiger partial charge in [-0.3, -0.25) is 0 Å². The predicted octanol–water partition coefficient (Wildman–Crippen LogP) is 5.32. The summed E-state index contributed by atoms with van der Waals surface area (Å²) < 4.78 is 22.7. The van der Waals surface area contributed by atoms with Crippen molar-refractivity contribution in [3.8, 4) is 16.5 Å². The number of oxazole rings is 1. The molecule has 2 aromatic heterocycles. The average molecular weight is 416 g/mol. The van der Waals surface area contributed by atoms with Gasteiger partial charge in [-0.1, -0.05) is 18.2 Å². The number of benzene rings is 1. The van der Waals surface area contributed by atoms with Crippen molar-refractivity contribution in [3.63, 3.8) is 0 Å². The Hall–Kier alpha value is -2.15. The molecule has 0 bridgehead atoms. The van der Waals surface area contributed by atoms with Crippen LogP contribution in [0.3, 0.4) is 0 Å². The summed E-state index contributed by atoms with van der Waals surface area (Å²) in [5.41, 5.74) is 2.18. The van der Waals surface area contributed by atoms with Gasteiger partial charge in [-0.05, 0) is 56.3 Å². The summed E-state index contributed by atoms with van der Waals surface area (Å²) in [6.07, 6.45) is 1.75. The fourth-order valence-electron chi connectivity index (χ4n) is 3.00. The standard InChI is InChI=1S/C23H29NO4S/c1-4-25-13-14-26-17(2)16-19-7-9-20(10-8-19)27-12-11-21-18(3)28-23(24-21)22-6-5-15-29-22/h5-10,15,17H,4,11-14,16H2,1-3H3/t17-/m0/s1. The van der Waals surface area contributed by atoms with Crippen molar-refractivity contribution in [2.75, 3.05) is 26.4 Å². The Labute approximate surface area is 176 Å². The first-order valence-electron chi connectivity index (χ1n) is 10.1. The van der Waals surface area contributed by atoms with Crippen LogP contribution in [0, 0.1) is 6.92 Å². The van der Waals surface area contributed by atoms with Crippen LogP contribution in [0.5, 0.6) is 5.75 Å². The van der Waals surface area contributed by atoms with Gasteiger partial charge >= 0.3 is 0 Å². The lowest BCUT2D eigenvalue weighted by Gasteiger charge is -2.13. The van der Waals surface area contributed by atoms with Crippen LogP contribution in [0.4, 0.5) is 0 Å². The lowest BCUT2D eigenvalue weighted by Crippen LogP contribution is -2.15. The van der Waals surface area contributed by atoms with E-state index >= 15 is 0 Å². The van der Waals surface area contributed by atoms with E-state index in [1.54, 1.807) is 11.3 Å². The molecule has 0 aliphatic heterocycles. The Balaban J connectivity index is 1.42. The van der Waals surface area contributed by atoms with E-state index in [0.717, 1.165) is 35.1 Å². The van der Waals surface area contributed by atoms with Crippen molar-refractivity contribution in [2.45, 2.75) is 39.7 Å². The fraction of sp³-hybridized carbons (Fsp3) is 0.435. The molecule has 3 rings (SSSR count). The maximum atomic E-state index is 5.89. The maximum absolute atomic E-state index is 5.89. The lowest BCUT2D eigenvalue weighted by molar-refractivity contribution is 0.0158. The van der Waals surface area contributed by atoms with Crippen LogP contribution in [-0.2, 0) is 22.3 Å². The second kappa shape index (κ2) is 11.1. The number of rotatable bonds is 12. The number of aromatic nitrogens is 1. The summed E-state index contributed by atoms with van der Waals surface area (Å²) in [4.78, 5) is 5.66. The molecule has 156 valence electrons. The molecule has 0 saturated carbocycles. The predicted molar refractivity (Wildman–Crippen MR) is 116 cm³/mol. The highest BCUT2D eigenvalue weighted by Crippen LogP contribution is 2.26. The van der Waals surface area contributed by atoms with Gasteiger partial charge in [0.15, 0.2) is 0 Å². The van der Waals surface area contributed by atoms with E-state index in [4.69, 9.17) is 18.6 Å². The van der Waals surface area contributed by atoms with Crippen molar-refractivity contribution in [2.24, 2.45) is 0 Å². The minimum absolute atomic E-state index is 0.162. The van der Waals surface area contributed by atoms with E-state index in [1.165, 1.54) is 5.56 Å². The summed E-state index contributed by atoms with van der Waals surface area (Å²) in [6, 6.07) is 12.2. The summed E-state index contributed by atoms with van der Waals surface area (Å²) in [7, 11) is 0. The van der Waals surface area contributed by atoms with Gasteiger partial charge in [0.25, 0.3) is 0 Å². The number of nitrogens with zero attached hydrogens (tertiary/aromatic N) is 1. The normalized spacial score (nSPS) is 12.2. The van der Waals surface area contributed by atoms with E-state index in [1.807, 2.05) is 43.5 Å². The summed E-state index contributed by atoms with van der Waals surface area (Å²) in [5.74, 6) is 2.40. The molecule has 1 atom stereocenters. The first-order valence-corrected chi connectivity index (χ1v) is 10.9. The zero-order valence-electron chi connectivity index (χ0n) is 17.3. The van der Waals surface area contributed by atoms with Crippen LogP contribution < -0.4 is 4.74 Å². The number of hydrogen-bond acceptors (Lipinski definition) is 6. The second-order valence-corrected chi connectivity index (χ2v) is 7.77. The van der Waals surface area contributed by atoms with E-state index in [9.17, 15) is 0 Å². The third-order valence-electron chi connectivity index (χ3n) is 4.51. The SMILES string of the molecule is CCOCCO[C@@H](C)Cc1ccc(OCCc2nc(-c3cccs3)oc2C)cc1. The maximum Gasteiger partial charge on any atom is 0.236 e. The van der Waals surface area contributed by atoms with Crippen molar-refractivity contribution < 1.29 is 18.6 Å². The molecule has 0 unspecified atom stereocenters. The zero-order chi connectivity index (χ0) is 20.5. The topological polar surface area (TPSA) is 53.7 Å². The van der Waals surface area contributed by atoms with Gasteiger partial charge in [0.1, 0.15) is 11.5 Å². The molecule has 6 heteroatoms. The molecule has 0 N–H and O–H groups in total. The molecule has 0 fully saturated rings. The molecule has 0 radical (unpaired) electrons. The number of hydrogen-bond donors (Lipinski definition) is 0. The Kier molecular flexibility index (Phi) is 8.28. The van der Waals surface area contributed by atoms with Gasteiger partial charge < -0.3 is 18.6 Å². The van der Waals surface area contributed by atoms with E-state index in [0.29, 0.717) is 32.1 Å². The van der Waals surface area contributed by atoms with Crippen molar-refractivity contribution in [3.05, 3.63) is 58.8 Å². The van der Waals surface area contributed by atoms with Crippen LogP contribution in [0.25, 0.3) is 10.8 Å². The number of aryl methyl sites for hydroxylation is 1. The van der Waals surface area contributed by atoms with Crippen LogP contribution in [0.1, 0.15) is 30.9 Å². The van der Waals surface area contributed by atoms with E-state index in [2.05, 4.69) is 24.0 Å². The Morgan fingerprint density at radius 2 is 1.93 bits per heavy atom. The Morgan fingerprint density at radius 3 is 2.66 bits per heavy atom. The van der Waals surface area contributed by atoms with Crippen molar-refractivity contribution >= 4 is 11.3 Å². The smallest absolute Gasteiger partial charge is 0.236 e. The molecule has 2 heterocycles. The largest absolute Gasteiger partial charge is 0.493 e. The molecule has 0 saturated heterocycles. The quantitative estimate of drug-likeness (QED) is 0.375. The van der Waals surface area contributed by atoms with Gasteiger partial charge in [0, 0.05) is 13.0 Å². The molecule has 1 aromatic carbocycles. The highest BCUT2D eigenvalue weighted by Gasteiger charge is 2.12. The van der Waals surface area contributed by atoms with Crippen molar-refractivity contribution in [1.29, 1.82) is 0 Å². The minimum atomic E-state index is 0.162. The molecular weight excluding hydrogens is 386 g/mol. The Bertz CT molecular complexity index is 842. The first-order chi connectivity index (χ1) is 14.2. The summed E-state index contributed by atoms with van der Waals surface area (Å²) in [5, 5.41) is 2.02. The molecule has 3 aromatic rings. The lowest BCUT2D eigenvalue weighted by atomic mass is 10.1. The fourth-order valence-corrected chi connectivity index (χ4v) is 3.65. The second-order valence-electron chi connectivity index (χ2n) is 6.82. The van der Waals surface area contributed by atoms with E-state index < -0.39 is 0 Å². The van der Waals surface area contributed by atoms with Gasteiger partial charge in [-0.2, -0.15) is 0 Å². The monoisotopic (exact) mass is 415 g/mol. The first kappa shape index (κ1) is 21.6. The van der Waals surface area contributed by atoms with Crippen molar-refractivity contribution in [1.82, 2.24) is 4.98 Å². The van der Waals surface area contributed by atoms with Gasteiger partial charge in [-0.15, -0.1) is 11.3 Å². The summed E-state index contributed by atoms with van der Waals surface area (Å²) in [6.45, 7) is 8.59. The summed E-state index contributed by atoms with van der Waals surface area (Å²) >= 11 is 1.63.